The Morgan fingerprint density at radius 3 is 2.36 bits per heavy atom. The van der Waals surface area contributed by atoms with Gasteiger partial charge in [-0.05, 0) is 29.8 Å². The van der Waals surface area contributed by atoms with Gasteiger partial charge < -0.3 is 9.30 Å². The highest BCUT2D eigenvalue weighted by atomic mass is 32.2. The summed E-state index contributed by atoms with van der Waals surface area (Å²) in [5, 5.41) is -0.861. The highest BCUT2D eigenvalue weighted by Gasteiger charge is 2.35. The van der Waals surface area contributed by atoms with Crippen LogP contribution in [0.1, 0.15) is 11.3 Å². The van der Waals surface area contributed by atoms with Gasteiger partial charge in [0.25, 0.3) is 0 Å². The summed E-state index contributed by atoms with van der Waals surface area (Å²) in [6.07, 6.45) is -0.752. The number of benzene rings is 1. The number of nitrogens with zero attached hydrogens (tertiary/aromatic N) is 3. The molecule has 0 radical (unpaired) electrons. The van der Waals surface area contributed by atoms with Gasteiger partial charge in [-0.15, -0.1) is 0 Å². The van der Waals surface area contributed by atoms with Crippen LogP contribution in [0.4, 0.5) is 13.2 Å². The number of halogens is 3. The third kappa shape index (κ3) is 4.50. The lowest BCUT2D eigenvalue weighted by Crippen LogP contribution is -2.14. The molecule has 0 N–H and O–H groups in total. The predicted octanol–water partition coefficient (Wildman–Crippen LogP) is 3.42. The van der Waals surface area contributed by atoms with Crippen LogP contribution >= 0.6 is 0 Å². The van der Waals surface area contributed by atoms with Crippen molar-refractivity contribution in [1.82, 2.24) is 14.5 Å². The summed E-state index contributed by atoms with van der Waals surface area (Å²) in [6.45, 7) is 0.472. The number of rotatable bonds is 5. The molecule has 0 spiro atoms. The molecule has 10 heteroatoms. The van der Waals surface area contributed by atoms with Crippen molar-refractivity contribution in [2.24, 2.45) is 0 Å². The zero-order valence-corrected chi connectivity index (χ0v) is 15.8. The van der Waals surface area contributed by atoms with Crippen LogP contribution in [0, 0.1) is 0 Å². The van der Waals surface area contributed by atoms with Gasteiger partial charge in [-0.1, -0.05) is 12.1 Å². The second-order valence-electron chi connectivity index (χ2n) is 6.11. The fourth-order valence-corrected chi connectivity index (χ4v) is 3.04. The second-order valence-corrected chi connectivity index (χ2v) is 8.02. The molecule has 3 aromatic rings. The van der Waals surface area contributed by atoms with Crippen LogP contribution < -0.4 is 4.74 Å². The van der Waals surface area contributed by atoms with Crippen LogP contribution in [0.3, 0.4) is 0 Å². The maximum atomic E-state index is 13.1. The monoisotopic (exact) mass is 411 g/mol. The summed E-state index contributed by atoms with van der Waals surface area (Å²) in [5.74, 6) is 0.714. The summed E-state index contributed by atoms with van der Waals surface area (Å²) < 4.78 is 69.5. The number of methoxy groups -OCH3 is 1. The van der Waals surface area contributed by atoms with Gasteiger partial charge in [0.15, 0.2) is 0 Å². The molecular weight excluding hydrogens is 395 g/mol. The Morgan fingerprint density at radius 1 is 1.11 bits per heavy atom. The van der Waals surface area contributed by atoms with Crippen molar-refractivity contribution in [3.8, 4) is 17.0 Å². The topological polar surface area (TPSA) is 74.1 Å². The van der Waals surface area contributed by atoms with E-state index in [1.54, 1.807) is 42.3 Å². The van der Waals surface area contributed by atoms with Gasteiger partial charge in [0, 0.05) is 30.8 Å². The van der Waals surface area contributed by atoms with E-state index in [1.807, 2.05) is 12.1 Å². The van der Waals surface area contributed by atoms with Crippen LogP contribution in [-0.2, 0) is 22.6 Å². The third-order valence-corrected chi connectivity index (χ3v) is 4.74. The Labute approximate surface area is 159 Å². The minimum atomic E-state index is -4.79. The second kappa shape index (κ2) is 7.27. The lowest BCUT2D eigenvalue weighted by Gasteiger charge is -2.09. The molecule has 0 bridgehead atoms. The standard InChI is InChI=1S/C18H16F3N3O3S/c1-27-14-5-3-12(4-6-14)10-24-8-7-13(11-24)15-9-16(18(19,20)21)23-17(22-15)28(2,25)26/h3-9,11H,10H2,1-2H3. The maximum absolute atomic E-state index is 13.1. The maximum Gasteiger partial charge on any atom is 0.433 e. The number of hydrogen-bond acceptors (Lipinski definition) is 5. The molecule has 0 saturated heterocycles. The highest BCUT2D eigenvalue weighted by Crippen LogP contribution is 2.31. The number of alkyl halides is 3. The first-order valence-electron chi connectivity index (χ1n) is 8.02. The van der Waals surface area contributed by atoms with E-state index in [9.17, 15) is 21.6 Å². The van der Waals surface area contributed by atoms with Gasteiger partial charge in [-0.25, -0.2) is 18.4 Å². The van der Waals surface area contributed by atoms with Crippen LogP contribution in [0.25, 0.3) is 11.3 Å². The van der Waals surface area contributed by atoms with Gasteiger partial charge in [0.1, 0.15) is 11.4 Å². The zero-order valence-electron chi connectivity index (χ0n) is 14.9. The molecule has 2 heterocycles. The van der Waals surface area contributed by atoms with E-state index in [4.69, 9.17) is 4.74 Å². The summed E-state index contributed by atoms with van der Waals surface area (Å²) >= 11 is 0. The molecule has 0 aliphatic carbocycles. The minimum absolute atomic E-state index is 0.115. The average Bonchev–Trinajstić information content (AvgIpc) is 3.09. The zero-order chi connectivity index (χ0) is 20.5. The Kier molecular flexibility index (Phi) is 5.16. The smallest absolute Gasteiger partial charge is 0.433 e. The van der Waals surface area contributed by atoms with E-state index in [-0.39, 0.29) is 5.69 Å². The molecular formula is C18H16F3N3O3S. The summed E-state index contributed by atoms with van der Waals surface area (Å²) in [7, 11) is -2.44. The fourth-order valence-electron chi connectivity index (χ4n) is 2.52. The number of ether oxygens (including phenoxy) is 1. The van der Waals surface area contributed by atoms with Crippen molar-refractivity contribution in [3.63, 3.8) is 0 Å². The number of hydrogen-bond donors (Lipinski definition) is 0. The molecule has 1 aromatic carbocycles. The van der Waals surface area contributed by atoms with Gasteiger partial charge in [0.2, 0.25) is 15.0 Å². The first-order chi connectivity index (χ1) is 13.1. The van der Waals surface area contributed by atoms with Crippen molar-refractivity contribution >= 4 is 9.84 Å². The Morgan fingerprint density at radius 2 is 1.79 bits per heavy atom. The van der Waals surface area contributed by atoms with Crippen LogP contribution in [-0.4, -0.2) is 36.3 Å². The molecule has 148 valence electrons. The summed E-state index contributed by atoms with van der Waals surface area (Å²) in [5.41, 5.74) is -0.109. The van der Waals surface area contributed by atoms with Gasteiger partial charge in [-0.2, -0.15) is 13.2 Å². The molecule has 0 saturated carbocycles. The van der Waals surface area contributed by atoms with E-state index >= 15 is 0 Å². The van der Waals surface area contributed by atoms with Crippen molar-refractivity contribution < 1.29 is 26.3 Å². The molecule has 0 amide bonds. The SMILES string of the molecule is COc1ccc(Cn2ccc(-c3cc(C(F)(F)F)nc(S(C)(=O)=O)n3)c2)cc1. The van der Waals surface area contributed by atoms with Crippen molar-refractivity contribution in [2.45, 2.75) is 17.9 Å². The molecule has 6 nitrogen and oxygen atoms in total. The van der Waals surface area contributed by atoms with Crippen molar-refractivity contribution in [1.29, 1.82) is 0 Å². The van der Waals surface area contributed by atoms with Crippen LogP contribution in [0.2, 0.25) is 0 Å². The average molecular weight is 411 g/mol. The van der Waals surface area contributed by atoms with E-state index in [1.165, 1.54) is 0 Å². The summed E-state index contributed by atoms with van der Waals surface area (Å²) in [6, 6.07) is 9.65. The molecule has 0 fully saturated rings. The third-order valence-electron chi connectivity index (χ3n) is 3.90. The lowest BCUT2D eigenvalue weighted by atomic mass is 10.2. The quantitative estimate of drug-likeness (QED) is 0.602. The van der Waals surface area contributed by atoms with Crippen LogP contribution in [0.15, 0.2) is 53.9 Å². The predicted molar refractivity (Wildman–Crippen MR) is 95.7 cm³/mol. The molecule has 0 aliphatic heterocycles. The lowest BCUT2D eigenvalue weighted by molar-refractivity contribution is -0.141. The van der Waals surface area contributed by atoms with Gasteiger partial charge in [0.05, 0.1) is 12.8 Å². The van der Waals surface area contributed by atoms with E-state index in [0.717, 1.165) is 17.9 Å². The summed E-state index contributed by atoms with van der Waals surface area (Å²) in [4.78, 5) is 6.95. The molecule has 28 heavy (non-hydrogen) atoms. The van der Waals surface area contributed by atoms with Crippen molar-refractivity contribution in [2.75, 3.05) is 13.4 Å². The Bertz CT molecular complexity index is 1090. The van der Waals surface area contributed by atoms with Gasteiger partial charge in [-0.3, -0.25) is 0 Å². The molecule has 2 aromatic heterocycles. The number of aromatic nitrogens is 3. The minimum Gasteiger partial charge on any atom is -0.497 e. The molecule has 0 atom stereocenters. The fraction of sp³-hybridized carbons (Fsp3) is 0.222. The van der Waals surface area contributed by atoms with Crippen LogP contribution in [0.5, 0.6) is 5.75 Å². The number of sulfone groups is 1. The molecule has 3 rings (SSSR count). The van der Waals surface area contributed by atoms with Gasteiger partial charge >= 0.3 is 6.18 Å². The van der Waals surface area contributed by atoms with Crippen molar-refractivity contribution in [3.05, 3.63) is 60.0 Å². The largest absolute Gasteiger partial charge is 0.497 e. The molecule has 0 unspecified atom stereocenters. The van der Waals surface area contributed by atoms with E-state index in [0.29, 0.717) is 17.9 Å². The normalized spacial score (nSPS) is 12.2. The molecule has 0 aliphatic rings. The Balaban J connectivity index is 1.95. The van der Waals surface area contributed by atoms with E-state index in [2.05, 4.69) is 9.97 Å². The first kappa shape index (κ1) is 19.9. The highest BCUT2D eigenvalue weighted by molar-refractivity contribution is 7.90. The first-order valence-corrected chi connectivity index (χ1v) is 9.91. The Hall–Kier alpha value is -2.88. The van der Waals surface area contributed by atoms with E-state index < -0.39 is 26.9 Å².